The predicted molar refractivity (Wildman–Crippen MR) is 95.4 cm³/mol. The monoisotopic (exact) mass is 338 g/mol. The molecule has 0 bridgehead atoms. The van der Waals surface area contributed by atoms with Crippen molar-refractivity contribution < 1.29 is 9.26 Å². The maximum absolute atomic E-state index is 6.57. The summed E-state index contributed by atoms with van der Waals surface area (Å²) in [5, 5.41) is 5.90. The molecule has 4 nitrogen and oxygen atoms in total. The number of benzene rings is 2. The second kappa shape index (κ2) is 5.73. The smallest absolute Gasteiger partial charge is 0.167 e. The molecule has 2 aromatic carbocycles. The minimum absolute atomic E-state index is 0.683. The van der Waals surface area contributed by atoms with E-state index in [1.807, 2.05) is 66.2 Å². The quantitative estimate of drug-likeness (QED) is 0.518. The second-order valence-electron chi connectivity index (χ2n) is 5.54. The normalized spacial score (nSPS) is 11.1. The Bertz CT molecular complexity index is 977. The van der Waals surface area contributed by atoms with Crippen LogP contribution in [0.1, 0.15) is 0 Å². The van der Waals surface area contributed by atoms with E-state index in [1.165, 1.54) is 0 Å². The molecule has 0 aliphatic heterocycles. The van der Waals surface area contributed by atoms with Crippen LogP contribution in [0.15, 0.2) is 59.1 Å². The third-order valence-corrected chi connectivity index (χ3v) is 4.56. The Balaban J connectivity index is 1.80. The molecule has 2 aromatic heterocycles. The van der Waals surface area contributed by atoms with Crippen LogP contribution in [0.2, 0.25) is 5.02 Å². The van der Waals surface area contributed by atoms with E-state index in [4.69, 9.17) is 20.9 Å². The van der Waals surface area contributed by atoms with Gasteiger partial charge in [-0.3, -0.25) is 0 Å². The first-order valence-electron chi connectivity index (χ1n) is 7.53. The molecular weight excluding hydrogens is 324 g/mol. The molecule has 0 aliphatic rings. The van der Waals surface area contributed by atoms with E-state index in [0.717, 1.165) is 27.9 Å². The predicted octanol–water partition coefficient (Wildman–Crippen LogP) is 5.16. The average Bonchev–Trinajstić information content (AvgIpc) is 3.19. The van der Waals surface area contributed by atoms with E-state index in [1.54, 1.807) is 7.11 Å². The van der Waals surface area contributed by atoms with Crippen LogP contribution in [0, 0.1) is 0 Å². The highest BCUT2D eigenvalue weighted by Gasteiger charge is 2.18. The Kier molecular flexibility index (Phi) is 3.54. The molecule has 24 heavy (non-hydrogen) atoms. The first kappa shape index (κ1) is 14.8. The number of aryl methyl sites for hydroxylation is 1. The first-order valence-corrected chi connectivity index (χ1v) is 7.91. The molecule has 0 aliphatic carbocycles. The number of rotatable bonds is 3. The average molecular weight is 339 g/mol. The number of fused-ring (bicyclic) bond motifs is 1. The molecule has 0 atom stereocenters. The minimum Gasteiger partial charge on any atom is -0.497 e. The van der Waals surface area contributed by atoms with Gasteiger partial charge >= 0.3 is 0 Å². The SMILES string of the molecule is COc1ccc(-c2cc(-c3c(Cl)c4ccccc4n3C)no2)cc1. The maximum atomic E-state index is 6.57. The number of para-hydroxylation sites is 1. The summed E-state index contributed by atoms with van der Waals surface area (Å²) < 4.78 is 12.7. The zero-order valence-electron chi connectivity index (χ0n) is 13.3. The van der Waals surface area contributed by atoms with Gasteiger partial charge in [0.2, 0.25) is 0 Å². The van der Waals surface area contributed by atoms with Crippen molar-refractivity contribution >= 4 is 22.5 Å². The standard InChI is InChI=1S/C19H15ClN2O2/c1-22-16-6-4-3-5-14(16)18(20)19(22)15-11-17(24-21-15)12-7-9-13(23-2)10-8-12/h3-11H,1-2H3. The molecule has 0 amide bonds. The van der Waals surface area contributed by atoms with E-state index in [9.17, 15) is 0 Å². The zero-order valence-corrected chi connectivity index (χ0v) is 14.0. The van der Waals surface area contributed by atoms with Crippen molar-refractivity contribution in [1.29, 1.82) is 0 Å². The lowest BCUT2D eigenvalue weighted by atomic mass is 10.1. The Morgan fingerprint density at radius 3 is 2.54 bits per heavy atom. The number of aromatic nitrogens is 2. The molecule has 5 heteroatoms. The van der Waals surface area contributed by atoms with Crippen LogP contribution in [-0.2, 0) is 7.05 Å². The summed E-state index contributed by atoms with van der Waals surface area (Å²) in [7, 11) is 3.62. The van der Waals surface area contributed by atoms with Gasteiger partial charge in [-0.1, -0.05) is 35.0 Å². The number of halogens is 1. The fraction of sp³-hybridized carbons (Fsp3) is 0.105. The van der Waals surface area contributed by atoms with Crippen LogP contribution in [0.25, 0.3) is 33.6 Å². The molecule has 0 saturated heterocycles. The number of methoxy groups -OCH3 is 1. The third kappa shape index (κ3) is 2.27. The van der Waals surface area contributed by atoms with Crippen molar-refractivity contribution in [2.24, 2.45) is 7.05 Å². The third-order valence-electron chi connectivity index (χ3n) is 4.17. The highest BCUT2D eigenvalue weighted by Crippen LogP contribution is 2.37. The van der Waals surface area contributed by atoms with Gasteiger partial charge in [0.1, 0.15) is 11.4 Å². The van der Waals surface area contributed by atoms with Gasteiger partial charge < -0.3 is 13.8 Å². The molecule has 0 radical (unpaired) electrons. The van der Waals surface area contributed by atoms with Gasteiger partial charge in [-0.2, -0.15) is 0 Å². The largest absolute Gasteiger partial charge is 0.497 e. The van der Waals surface area contributed by atoms with Gasteiger partial charge in [-0.15, -0.1) is 0 Å². The van der Waals surface area contributed by atoms with Gasteiger partial charge in [-0.05, 0) is 30.3 Å². The van der Waals surface area contributed by atoms with Crippen molar-refractivity contribution in [3.8, 4) is 28.5 Å². The molecular formula is C19H15ClN2O2. The summed E-state index contributed by atoms with van der Waals surface area (Å²) in [6.07, 6.45) is 0. The summed E-state index contributed by atoms with van der Waals surface area (Å²) in [5.74, 6) is 1.49. The summed E-state index contributed by atoms with van der Waals surface area (Å²) in [5.41, 5.74) is 3.56. The van der Waals surface area contributed by atoms with Crippen molar-refractivity contribution in [2.45, 2.75) is 0 Å². The Morgan fingerprint density at radius 2 is 1.83 bits per heavy atom. The molecule has 0 N–H and O–H groups in total. The lowest BCUT2D eigenvalue weighted by Crippen LogP contribution is -1.91. The molecule has 120 valence electrons. The van der Waals surface area contributed by atoms with Crippen molar-refractivity contribution in [3.63, 3.8) is 0 Å². The van der Waals surface area contributed by atoms with Gasteiger partial charge in [0.05, 0.1) is 17.8 Å². The fourth-order valence-corrected chi connectivity index (χ4v) is 3.29. The van der Waals surface area contributed by atoms with Crippen LogP contribution < -0.4 is 4.74 Å². The topological polar surface area (TPSA) is 40.2 Å². The Hall–Kier alpha value is -2.72. The summed E-state index contributed by atoms with van der Waals surface area (Å²) in [6, 6.07) is 17.6. The molecule has 0 saturated carbocycles. The van der Waals surface area contributed by atoms with Gasteiger partial charge in [0.15, 0.2) is 5.76 Å². The van der Waals surface area contributed by atoms with Gasteiger partial charge in [0, 0.05) is 29.6 Å². The molecule has 4 rings (SSSR count). The lowest BCUT2D eigenvalue weighted by Gasteiger charge is -2.00. The first-order chi connectivity index (χ1) is 11.7. The number of nitrogens with zero attached hydrogens (tertiary/aromatic N) is 2. The van der Waals surface area contributed by atoms with Crippen LogP contribution in [-0.4, -0.2) is 16.8 Å². The van der Waals surface area contributed by atoms with Gasteiger partial charge in [0.25, 0.3) is 0 Å². The molecule has 0 fully saturated rings. The van der Waals surface area contributed by atoms with E-state index >= 15 is 0 Å². The van der Waals surface area contributed by atoms with E-state index < -0.39 is 0 Å². The number of ether oxygens (including phenoxy) is 1. The van der Waals surface area contributed by atoms with Crippen LogP contribution in [0.5, 0.6) is 5.75 Å². The Morgan fingerprint density at radius 1 is 1.08 bits per heavy atom. The number of hydrogen-bond donors (Lipinski definition) is 0. The van der Waals surface area contributed by atoms with E-state index in [2.05, 4.69) is 5.16 Å². The van der Waals surface area contributed by atoms with Crippen molar-refractivity contribution in [2.75, 3.05) is 7.11 Å². The van der Waals surface area contributed by atoms with Crippen molar-refractivity contribution in [3.05, 3.63) is 59.6 Å². The number of hydrogen-bond acceptors (Lipinski definition) is 3. The molecule has 4 aromatic rings. The molecule has 0 unspecified atom stereocenters. The second-order valence-corrected chi connectivity index (χ2v) is 5.92. The summed E-state index contributed by atoms with van der Waals surface area (Å²) >= 11 is 6.57. The molecule has 0 spiro atoms. The lowest BCUT2D eigenvalue weighted by molar-refractivity contribution is 0.414. The van der Waals surface area contributed by atoms with Crippen molar-refractivity contribution in [1.82, 2.24) is 9.72 Å². The highest BCUT2D eigenvalue weighted by atomic mass is 35.5. The van der Waals surface area contributed by atoms with Crippen LogP contribution in [0.4, 0.5) is 0 Å². The molecule has 2 heterocycles. The van der Waals surface area contributed by atoms with E-state index in [-0.39, 0.29) is 0 Å². The Labute approximate surface area is 144 Å². The summed E-state index contributed by atoms with van der Waals surface area (Å²) in [6.45, 7) is 0. The van der Waals surface area contributed by atoms with Crippen LogP contribution >= 0.6 is 11.6 Å². The van der Waals surface area contributed by atoms with E-state index in [0.29, 0.717) is 16.5 Å². The zero-order chi connectivity index (χ0) is 16.7. The minimum atomic E-state index is 0.683. The summed E-state index contributed by atoms with van der Waals surface area (Å²) in [4.78, 5) is 0. The highest BCUT2D eigenvalue weighted by molar-refractivity contribution is 6.38. The van der Waals surface area contributed by atoms with Crippen LogP contribution in [0.3, 0.4) is 0 Å². The fourth-order valence-electron chi connectivity index (χ4n) is 2.91. The van der Waals surface area contributed by atoms with Gasteiger partial charge in [-0.25, -0.2) is 0 Å². The maximum Gasteiger partial charge on any atom is 0.167 e.